The number of nitrogens with zero attached hydrogens (tertiary/aromatic N) is 1. The molecule has 0 atom stereocenters. The van der Waals surface area contributed by atoms with E-state index in [9.17, 15) is 13.2 Å². The van der Waals surface area contributed by atoms with Gasteiger partial charge in [-0.25, -0.2) is 8.42 Å². The average molecular weight is 283 g/mol. The standard InChI is InChI=1S/C13H17NO4S/c1-2-18-13(15)8-10-4-3-5-11(14-10)9-19(16,17)12-6-7-12/h3-5,12H,2,6-9H2,1H3. The quantitative estimate of drug-likeness (QED) is 0.735. The van der Waals surface area contributed by atoms with Crippen molar-refractivity contribution in [1.29, 1.82) is 0 Å². The number of ether oxygens (including phenoxy) is 1. The van der Waals surface area contributed by atoms with Gasteiger partial charge in [-0.05, 0) is 31.9 Å². The summed E-state index contributed by atoms with van der Waals surface area (Å²) in [5, 5.41) is -0.192. The fraction of sp³-hybridized carbons (Fsp3) is 0.538. The molecule has 19 heavy (non-hydrogen) atoms. The highest BCUT2D eigenvalue weighted by molar-refractivity contribution is 7.91. The summed E-state index contributed by atoms with van der Waals surface area (Å²) in [4.78, 5) is 15.6. The van der Waals surface area contributed by atoms with Crippen LogP contribution in [0.3, 0.4) is 0 Å². The van der Waals surface area contributed by atoms with Crippen molar-refractivity contribution in [1.82, 2.24) is 4.98 Å². The van der Waals surface area contributed by atoms with Gasteiger partial charge in [0, 0.05) is 0 Å². The molecule has 0 N–H and O–H groups in total. The first-order valence-corrected chi connectivity index (χ1v) is 8.05. The van der Waals surface area contributed by atoms with E-state index in [4.69, 9.17) is 4.74 Å². The normalized spacial score (nSPS) is 15.2. The molecule has 0 spiro atoms. The number of carbonyl (C=O) groups is 1. The summed E-state index contributed by atoms with van der Waals surface area (Å²) in [7, 11) is -3.07. The van der Waals surface area contributed by atoms with Crippen molar-refractivity contribution in [2.45, 2.75) is 37.2 Å². The largest absolute Gasteiger partial charge is 0.466 e. The smallest absolute Gasteiger partial charge is 0.311 e. The van der Waals surface area contributed by atoms with Crippen LogP contribution in [0.15, 0.2) is 18.2 Å². The van der Waals surface area contributed by atoms with Gasteiger partial charge < -0.3 is 4.74 Å². The van der Waals surface area contributed by atoms with Gasteiger partial charge in [0.2, 0.25) is 0 Å². The van der Waals surface area contributed by atoms with E-state index in [-0.39, 0.29) is 23.4 Å². The van der Waals surface area contributed by atoms with Gasteiger partial charge in [0.25, 0.3) is 0 Å². The molecule has 104 valence electrons. The van der Waals surface area contributed by atoms with E-state index in [0.717, 1.165) is 12.8 Å². The lowest BCUT2D eigenvalue weighted by Gasteiger charge is -2.05. The number of aromatic nitrogens is 1. The van der Waals surface area contributed by atoms with Gasteiger partial charge in [-0.1, -0.05) is 6.07 Å². The van der Waals surface area contributed by atoms with Gasteiger partial charge in [-0.2, -0.15) is 0 Å². The maximum atomic E-state index is 11.9. The highest BCUT2D eigenvalue weighted by atomic mass is 32.2. The Balaban J connectivity index is 2.04. The van der Waals surface area contributed by atoms with Crippen LogP contribution in [-0.2, 0) is 31.5 Å². The molecule has 2 rings (SSSR count). The van der Waals surface area contributed by atoms with Crippen molar-refractivity contribution >= 4 is 15.8 Å². The second kappa shape index (κ2) is 5.69. The van der Waals surface area contributed by atoms with E-state index in [1.807, 2.05) is 0 Å². The SMILES string of the molecule is CCOC(=O)Cc1cccc(CS(=O)(=O)C2CC2)n1. The Morgan fingerprint density at radius 1 is 1.37 bits per heavy atom. The number of esters is 1. The fourth-order valence-electron chi connectivity index (χ4n) is 1.82. The molecule has 0 aliphatic heterocycles. The summed E-state index contributed by atoms with van der Waals surface area (Å²) in [6, 6.07) is 5.10. The van der Waals surface area contributed by atoms with Crippen molar-refractivity contribution in [3.8, 4) is 0 Å². The van der Waals surface area contributed by atoms with Gasteiger partial charge >= 0.3 is 5.97 Å². The molecule has 0 unspecified atom stereocenters. The second-order valence-electron chi connectivity index (χ2n) is 4.61. The fourth-order valence-corrected chi connectivity index (χ4v) is 3.48. The third-order valence-corrected chi connectivity index (χ3v) is 5.06. The van der Waals surface area contributed by atoms with Crippen LogP contribution in [0.25, 0.3) is 0 Å². The average Bonchev–Trinajstić information content (AvgIpc) is 3.12. The lowest BCUT2D eigenvalue weighted by molar-refractivity contribution is -0.142. The highest BCUT2D eigenvalue weighted by Gasteiger charge is 2.35. The van der Waals surface area contributed by atoms with Gasteiger partial charge in [0.1, 0.15) is 0 Å². The van der Waals surface area contributed by atoms with Crippen LogP contribution in [0.2, 0.25) is 0 Å². The molecule has 6 heteroatoms. The molecule has 5 nitrogen and oxygen atoms in total. The molecular formula is C13H17NO4S. The second-order valence-corrected chi connectivity index (χ2v) is 6.89. The number of hydrogen-bond acceptors (Lipinski definition) is 5. The Kier molecular flexibility index (Phi) is 4.19. The molecule has 1 aliphatic rings. The highest BCUT2D eigenvalue weighted by Crippen LogP contribution is 2.30. The summed E-state index contributed by atoms with van der Waals surface area (Å²) in [6.07, 6.45) is 1.58. The molecule has 1 fully saturated rings. The third-order valence-electron chi connectivity index (χ3n) is 2.88. The number of sulfone groups is 1. The molecule has 1 heterocycles. The zero-order valence-electron chi connectivity index (χ0n) is 10.8. The third kappa shape index (κ3) is 4.02. The lowest BCUT2D eigenvalue weighted by Crippen LogP contribution is -2.13. The number of carbonyl (C=O) groups excluding carboxylic acids is 1. The Bertz CT molecular complexity index is 564. The Morgan fingerprint density at radius 3 is 2.68 bits per heavy atom. The first-order chi connectivity index (χ1) is 9.01. The maximum Gasteiger partial charge on any atom is 0.311 e. The van der Waals surface area contributed by atoms with Crippen molar-refractivity contribution < 1.29 is 17.9 Å². The monoisotopic (exact) mass is 283 g/mol. The molecule has 1 aromatic heterocycles. The molecule has 0 saturated heterocycles. The van der Waals surface area contributed by atoms with Crippen LogP contribution >= 0.6 is 0 Å². The number of hydrogen-bond donors (Lipinski definition) is 0. The minimum atomic E-state index is -3.07. The van der Waals surface area contributed by atoms with Gasteiger partial charge in [-0.15, -0.1) is 0 Å². The maximum absolute atomic E-state index is 11.9. The van der Waals surface area contributed by atoms with E-state index >= 15 is 0 Å². The topological polar surface area (TPSA) is 73.3 Å². The van der Waals surface area contributed by atoms with Crippen molar-refractivity contribution in [2.75, 3.05) is 6.61 Å². The predicted molar refractivity (Wildman–Crippen MR) is 70.2 cm³/mol. The summed E-state index contributed by atoms with van der Waals surface area (Å²) < 4.78 is 28.6. The first kappa shape index (κ1) is 14.0. The molecule has 1 aromatic rings. The number of rotatable bonds is 6. The molecule has 0 amide bonds. The Hall–Kier alpha value is -1.43. The van der Waals surface area contributed by atoms with Crippen LogP contribution in [0.4, 0.5) is 0 Å². The van der Waals surface area contributed by atoms with Crippen LogP contribution < -0.4 is 0 Å². The molecule has 1 aliphatic carbocycles. The minimum Gasteiger partial charge on any atom is -0.466 e. The van der Waals surface area contributed by atoms with Crippen LogP contribution in [0.5, 0.6) is 0 Å². The zero-order chi connectivity index (χ0) is 13.9. The molecule has 0 bridgehead atoms. The lowest BCUT2D eigenvalue weighted by atomic mass is 10.2. The van der Waals surface area contributed by atoms with Gasteiger partial charge in [0.05, 0.1) is 35.4 Å². The molecular weight excluding hydrogens is 266 g/mol. The van der Waals surface area contributed by atoms with E-state index < -0.39 is 9.84 Å². The van der Waals surface area contributed by atoms with Gasteiger partial charge in [0.15, 0.2) is 9.84 Å². The van der Waals surface area contributed by atoms with E-state index in [1.54, 1.807) is 25.1 Å². The van der Waals surface area contributed by atoms with E-state index in [0.29, 0.717) is 18.0 Å². The Morgan fingerprint density at radius 2 is 2.05 bits per heavy atom. The summed E-state index contributed by atoms with van der Waals surface area (Å²) in [5.74, 6) is -0.397. The summed E-state index contributed by atoms with van der Waals surface area (Å²) >= 11 is 0. The first-order valence-electron chi connectivity index (χ1n) is 6.33. The van der Waals surface area contributed by atoms with Crippen molar-refractivity contribution in [3.63, 3.8) is 0 Å². The van der Waals surface area contributed by atoms with Crippen LogP contribution in [-0.4, -0.2) is 31.2 Å². The zero-order valence-corrected chi connectivity index (χ0v) is 11.6. The van der Waals surface area contributed by atoms with Crippen LogP contribution in [0.1, 0.15) is 31.2 Å². The van der Waals surface area contributed by atoms with Crippen molar-refractivity contribution in [3.05, 3.63) is 29.6 Å². The molecule has 1 saturated carbocycles. The van der Waals surface area contributed by atoms with E-state index in [2.05, 4.69) is 4.98 Å². The van der Waals surface area contributed by atoms with Crippen LogP contribution in [0, 0.1) is 0 Å². The Labute approximate surface area is 112 Å². The minimum absolute atomic E-state index is 0.0473. The van der Waals surface area contributed by atoms with Gasteiger partial charge in [-0.3, -0.25) is 9.78 Å². The predicted octanol–water partition coefficient (Wildman–Crippen LogP) is 1.26. The summed E-state index contributed by atoms with van der Waals surface area (Å²) in [6.45, 7) is 2.07. The summed E-state index contributed by atoms with van der Waals surface area (Å²) in [5.41, 5.74) is 1.04. The molecule has 0 aromatic carbocycles. The molecule has 0 radical (unpaired) electrons. The van der Waals surface area contributed by atoms with E-state index in [1.165, 1.54) is 0 Å². The van der Waals surface area contributed by atoms with Crippen molar-refractivity contribution in [2.24, 2.45) is 0 Å². The number of pyridine rings is 1.